The van der Waals surface area contributed by atoms with Crippen LogP contribution in [-0.2, 0) is 10.0 Å². The van der Waals surface area contributed by atoms with Gasteiger partial charge in [0.05, 0.1) is 6.61 Å². The molecule has 0 spiro atoms. The summed E-state index contributed by atoms with van der Waals surface area (Å²) in [6.45, 7) is -0.0614. The number of hydrogen-bond donors (Lipinski definition) is 1. The Labute approximate surface area is 118 Å². The third kappa shape index (κ3) is 3.18. The van der Waals surface area contributed by atoms with Gasteiger partial charge in [-0.3, -0.25) is 0 Å². The van der Waals surface area contributed by atoms with Crippen LogP contribution in [0, 0.1) is 17.7 Å². The number of rotatable bonds is 4. The van der Waals surface area contributed by atoms with E-state index in [0.29, 0.717) is 12.0 Å². The Kier molecular flexibility index (Phi) is 4.43. The molecular formula is C14H16FNO3S. The maximum Gasteiger partial charge on any atom is 0.245 e. The van der Waals surface area contributed by atoms with E-state index in [1.807, 2.05) is 0 Å². The summed E-state index contributed by atoms with van der Waals surface area (Å²) >= 11 is 0. The van der Waals surface area contributed by atoms with Gasteiger partial charge in [-0.2, -0.15) is 4.31 Å². The first-order valence-electron chi connectivity index (χ1n) is 6.34. The fourth-order valence-corrected chi connectivity index (χ4v) is 3.26. The second-order valence-corrected chi connectivity index (χ2v) is 6.64. The lowest BCUT2D eigenvalue weighted by molar-refractivity contribution is 0.305. The Morgan fingerprint density at radius 3 is 2.70 bits per heavy atom. The Bertz CT molecular complexity index is 657. The maximum atomic E-state index is 14.0. The third-order valence-electron chi connectivity index (χ3n) is 3.12. The molecule has 0 aromatic heterocycles. The van der Waals surface area contributed by atoms with E-state index in [-0.39, 0.29) is 17.5 Å². The van der Waals surface area contributed by atoms with Gasteiger partial charge in [0, 0.05) is 25.1 Å². The van der Waals surface area contributed by atoms with Crippen molar-refractivity contribution < 1.29 is 17.9 Å². The fraction of sp³-hybridized carbons (Fsp3) is 0.429. The molecule has 1 N–H and O–H groups in total. The van der Waals surface area contributed by atoms with Crippen molar-refractivity contribution in [3.8, 4) is 11.8 Å². The number of aliphatic hydroxyl groups is 1. The lowest BCUT2D eigenvalue weighted by Gasteiger charge is -2.16. The molecule has 4 nitrogen and oxygen atoms in total. The van der Waals surface area contributed by atoms with Gasteiger partial charge in [0.1, 0.15) is 10.7 Å². The van der Waals surface area contributed by atoms with E-state index in [1.165, 1.54) is 23.5 Å². The van der Waals surface area contributed by atoms with Crippen LogP contribution in [-0.4, -0.2) is 37.5 Å². The highest BCUT2D eigenvalue weighted by Gasteiger charge is 2.36. The Balaban J connectivity index is 2.28. The molecule has 0 saturated heterocycles. The second-order valence-electron chi connectivity index (χ2n) is 4.67. The SMILES string of the molecule is CN(C1CC1)S(=O)(=O)c1ccc(C#CCCO)cc1F. The number of nitrogens with zero attached hydrogens (tertiary/aromatic N) is 1. The molecule has 0 atom stereocenters. The standard InChI is InChI=1S/C14H16FNO3S/c1-16(12-6-7-12)20(18,19)14-8-5-11(10-13(14)15)4-2-3-9-17/h5,8,10,12,17H,3,6-7,9H2,1H3. The van der Waals surface area contributed by atoms with Crippen molar-refractivity contribution in [1.29, 1.82) is 0 Å². The van der Waals surface area contributed by atoms with Gasteiger partial charge in [0.25, 0.3) is 0 Å². The second kappa shape index (κ2) is 5.92. The summed E-state index contributed by atoms with van der Waals surface area (Å²) in [6, 6.07) is 3.81. The zero-order chi connectivity index (χ0) is 14.8. The summed E-state index contributed by atoms with van der Waals surface area (Å²) in [4.78, 5) is -0.320. The molecule has 1 saturated carbocycles. The van der Waals surface area contributed by atoms with Crippen molar-refractivity contribution in [3.63, 3.8) is 0 Å². The molecule has 0 amide bonds. The van der Waals surface area contributed by atoms with Crippen LogP contribution in [0.4, 0.5) is 4.39 Å². The molecule has 1 aliphatic rings. The topological polar surface area (TPSA) is 57.6 Å². The Morgan fingerprint density at radius 2 is 2.15 bits per heavy atom. The quantitative estimate of drug-likeness (QED) is 0.853. The molecule has 1 aromatic rings. The number of benzene rings is 1. The summed E-state index contributed by atoms with van der Waals surface area (Å²) in [5.41, 5.74) is 0.393. The van der Waals surface area contributed by atoms with Crippen LogP contribution in [0.5, 0.6) is 0 Å². The van der Waals surface area contributed by atoms with E-state index >= 15 is 0 Å². The third-order valence-corrected chi connectivity index (χ3v) is 5.06. The number of sulfonamides is 1. The average molecular weight is 297 g/mol. The van der Waals surface area contributed by atoms with Crippen molar-refractivity contribution in [3.05, 3.63) is 29.6 Å². The summed E-state index contributed by atoms with van der Waals surface area (Å²) in [7, 11) is -2.30. The Hall–Kier alpha value is -1.42. The van der Waals surface area contributed by atoms with Gasteiger partial charge < -0.3 is 5.11 Å². The molecule has 0 unspecified atom stereocenters. The zero-order valence-corrected chi connectivity index (χ0v) is 12.0. The first kappa shape index (κ1) is 15.0. The van der Waals surface area contributed by atoms with Gasteiger partial charge in [-0.25, -0.2) is 12.8 Å². The van der Waals surface area contributed by atoms with Gasteiger partial charge in [0.2, 0.25) is 10.0 Å². The fourth-order valence-electron chi connectivity index (χ4n) is 1.80. The minimum absolute atomic E-state index is 0.0107. The van der Waals surface area contributed by atoms with Gasteiger partial charge >= 0.3 is 0 Å². The molecule has 0 aliphatic heterocycles. The van der Waals surface area contributed by atoms with E-state index in [9.17, 15) is 12.8 Å². The van der Waals surface area contributed by atoms with E-state index in [2.05, 4.69) is 11.8 Å². The molecule has 6 heteroatoms. The molecule has 1 fully saturated rings. The molecule has 20 heavy (non-hydrogen) atoms. The normalized spacial score (nSPS) is 15.0. The summed E-state index contributed by atoms with van der Waals surface area (Å²) in [6.07, 6.45) is 1.94. The molecule has 108 valence electrons. The monoisotopic (exact) mass is 297 g/mol. The molecule has 1 aliphatic carbocycles. The predicted molar refractivity (Wildman–Crippen MR) is 73.0 cm³/mol. The molecule has 2 rings (SSSR count). The van der Waals surface area contributed by atoms with Crippen LogP contribution in [0.3, 0.4) is 0 Å². The highest BCUT2D eigenvalue weighted by molar-refractivity contribution is 7.89. The molecule has 0 bridgehead atoms. The number of aliphatic hydroxyl groups excluding tert-OH is 1. The minimum Gasteiger partial charge on any atom is -0.395 e. The van der Waals surface area contributed by atoms with Gasteiger partial charge in [-0.15, -0.1) is 0 Å². The number of hydrogen-bond acceptors (Lipinski definition) is 3. The summed E-state index contributed by atoms with van der Waals surface area (Å²) < 4.78 is 39.6. The maximum absolute atomic E-state index is 14.0. The van der Waals surface area contributed by atoms with E-state index < -0.39 is 15.8 Å². The van der Waals surface area contributed by atoms with Crippen LogP contribution in [0.1, 0.15) is 24.8 Å². The van der Waals surface area contributed by atoms with Crippen molar-refractivity contribution in [1.82, 2.24) is 4.31 Å². The molecule has 0 heterocycles. The van der Waals surface area contributed by atoms with Crippen LogP contribution < -0.4 is 0 Å². The first-order chi connectivity index (χ1) is 9.46. The minimum atomic E-state index is -3.78. The van der Waals surface area contributed by atoms with Gasteiger partial charge in [-0.1, -0.05) is 11.8 Å². The summed E-state index contributed by atoms with van der Waals surface area (Å²) in [5, 5.41) is 8.61. The largest absolute Gasteiger partial charge is 0.395 e. The number of halogens is 1. The van der Waals surface area contributed by atoms with Crippen LogP contribution in [0.2, 0.25) is 0 Å². The molecule has 0 radical (unpaired) electrons. The lowest BCUT2D eigenvalue weighted by Crippen LogP contribution is -2.29. The van der Waals surface area contributed by atoms with E-state index in [1.54, 1.807) is 0 Å². The summed E-state index contributed by atoms with van der Waals surface area (Å²) in [5.74, 6) is 4.53. The molecule has 1 aromatic carbocycles. The van der Waals surface area contributed by atoms with E-state index in [0.717, 1.165) is 18.9 Å². The highest BCUT2D eigenvalue weighted by Crippen LogP contribution is 2.31. The van der Waals surface area contributed by atoms with Crippen LogP contribution in [0.15, 0.2) is 23.1 Å². The predicted octanol–water partition coefficient (Wildman–Crippen LogP) is 1.34. The highest BCUT2D eigenvalue weighted by atomic mass is 32.2. The first-order valence-corrected chi connectivity index (χ1v) is 7.78. The molecular weight excluding hydrogens is 281 g/mol. The van der Waals surface area contributed by atoms with Crippen molar-refractivity contribution in [2.24, 2.45) is 0 Å². The van der Waals surface area contributed by atoms with Crippen LogP contribution in [0.25, 0.3) is 0 Å². The van der Waals surface area contributed by atoms with E-state index in [4.69, 9.17) is 5.11 Å². The van der Waals surface area contributed by atoms with Gasteiger partial charge in [0.15, 0.2) is 0 Å². The Morgan fingerprint density at radius 1 is 1.45 bits per heavy atom. The average Bonchev–Trinajstić information content (AvgIpc) is 3.22. The lowest BCUT2D eigenvalue weighted by atomic mass is 10.2. The van der Waals surface area contributed by atoms with Crippen LogP contribution >= 0.6 is 0 Å². The van der Waals surface area contributed by atoms with Crippen molar-refractivity contribution >= 4 is 10.0 Å². The van der Waals surface area contributed by atoms with Crippen molar-refractivity contribution in [2.45, 2.75) is 30.2 Å². The van der Waals surface area contributed by atoms with Crippen molar-refractivity contribution in [2.75, 3.05) is 13.7 Å². The zero-order valence-electron chi connectivity index (χ0n) is 11.1. The van der Waals surface area contributed by atoms with Gasteiger partial charge in [-0.05, 0) is 31.0 Å². The smallest absolute Gasteiger partial charge is 0.245 e.